The smallest absolute Gasteiger partial charge is 0.265 e. The van der Waals surface area contributed by atoms with E-state index in [0.29, 0.717) is 22.7 Å². The normalized spacial score (nSPS) is 10.7. The lowest BCUT2D eigenvalue weighted by Gasteiger charge is -2.18. The number of nitrogens with one attached hydrogen (secondary N) is 1. The molecule has 7 heteroatoms. The molecule has 0 bridgehead atoms. The Labute approximate surface area is 191 Å². The summed E-state index contributed by atoms with van der Waals surface area (Å²) in [5.74, 6) is -0.245. The fraction of sp³-hybridized carbons (Fsp3) is 0.160. The molecular formula is C25H24N4O2S. The van der Waals surface area contributed by atoms with E-state index >= 15 is 0 Å². The maximum Gasteiger partial charge on any atom is 0.265 e. The van der Waals surface area contributed by atoms with Crippen molar-refractivity contribution in [2.45, 2.75) is 20.4 Å². The molecule has 0 aliphatic heterocycles. The van der Waals surface area contributed by atoms with E-state index in [2.05, 4.69) is 10.4 Å². The molecule has 2 aromatic heterocycles. The molecule has 0 saturated carbocycles. The molecule has 4 rings (SSSR count). The summed E-state index contributed by atoms with van der Waals surface area (Å²) in [6, 6.07) is 20.5. The predicted octanol–water partition coefficient (Wildman–Crippen LogP) is 5.08. The van der Waals surface area contributed by atoms with E-state index < -0.39 is 0 Å². The number of hydrogen-bond acceptors (Lipinski definition) is 4. The van der Waals surface area contributed by atoms with Crippen LogP contribution in [0.5, 0.6) is 0 Å². The second kappa shape index (κ2) is 9.20. The lowest BCUT2D eigenvalue weighted by molar-refractivity contribution is 0.0784. The van der Waals surface area contributed by atoms with Crippen molar-refractivity contribution >= 4 is 28.8 Å². The van der Waals surface area contributed by atoms with Crippen LogP contribution in [0.15, 0.2) is 72.1 Å². The zero-order valence-corrected chi connectivity index (χ0v) is 19.0. The Bertz CT molecular complexity index is 1230. The number of anilines is 1. The van der Waals surface area contributed by atoms with E-state index in [1.165, 1.54) is 11.3 Å². The third-order valence-corrected chi connectivity index (χ3v) is 6.19. The Morgan fingerprint density at radius 3 is 2.38 bits per heavy atom. The Morgan fingerprint density at radius 1 is 1.00 bits per heavy atom. The summed E-state index contributed by atoms with van der Waals surface area (Å²) in [4.78, 5) is 27.5. The van der Waals surface area contributed by atoms with Gasteiger partial charge < -0.3 is 10.2 Å². The maximum atomic E-state index is 13.0. The SMILES string of the molecule is Cc1nn(-c2ccccc2)c(C)c1CN(C)C(=O)c1ccc(NC(=O)c2cccs2)cc1. The van der Waals surface area contributed by atoms with Gasteiger partial charge in [-0.1, -0.05) is 24.3 Å². The van der Waals surface area contributed by atoms with E-state index in [1.807, 2.05) is 60.3 Å². The first-order valence-electron chi connectivity index (χ1n) is 10.2. The van der Waals surface area contributed by atoms with Crippen molar-refractivity contribution in [3.8, 4) is 5.69 Å². The van der Waals surface area contributed by atoms with Crippen LogP contribution in [0, 0.1) is 13.8 Å². The fourth-order valence-corrected chi connectivity index (χ4v) is 4.17. The molecule has 2 heterocycles. The van der Waals surface area contributed by atoms with Gasteiger partial charge in [-0.25, -0.2) is 4.68 Å². The largest absolute Gasteiger partial charge is 0.337 e. The highest BCUT2D eigenvalue weighted by Crippen LogP contribution is 2.21. The van der Waals surface area contributed by atoms with Gasteiger partial charge in [0.05, 0.1) is 16.3 Å². The minimum atomic E-state index is -0.155. The van der Waals surface area contributed by atoms with Gasteiger partial charge in [0, 0.05) is 36.1 Å². The Balaban J connectivity index is 1.45. The summed E-state index contributed by atoms with van der Waals surface area (Å²) in [6.07, 6.45) is 0. The van der Waals surface area contributed by atoms with Crippen LogP contribution >= 0.6 is 11.3 Å². The van der Waals surface area contributed by atoms with Gasteiger partial charge >= 0.3 is 0 Å². The van der Waals surface area contributed by atoms with Gasteiger partial charge in [-0.3, -0.25) is 9.59 Å². The van der Waals surface area contributed by atoms with Crippen LogP contribution < -0.4 is 5.32 Å². The van der Waals surface area contributed by atoms with Crippen LogP contribution in [-0.2, 0) is 6.54 Å². The molecule has 1 N–H and O–H groups in total. The van der Waals surface area contributed by atoms with Crippen LogP contribution in [-0.4, -0.2) is 33.5 Å². The van der Waals surface area contributed by atoms with Crippen molar-refractivity contribution in [3.05, 3.63) is 99.5 Å². The van der Waals surface area contributed by atoms with Crippen LogP contribution in [0.25, 0.3) is 5.69 Å². The molecular weight excluding hydrogens is 420 g/mol. The molecule has 2 aromatic carbocycles. The quantitative estimate of drug-likeness (QED) is 0.451. The average molecular weight is 445 g/mol. The number of thiophene rings is 1. The van der Waals surface area contributed by atoms with E-state index in [-0.39, 0.29) is 11.8 Å². The number of hydrogen-bond donors (Lipinski definition) is 1. The zero-order chi connectivity index (χ0) is 22.7. The first kappa shape index (κ1) is 21.5. The minimum absolute atomic E-state index is 0.0904. The zero-order valence-electron chi connectivity index (χ0n) is 18.2. The summed E-state index contributed by atoms with van der Waals surface area (Å²) >= 11 is 1.39. The Morgan fingerprint density at radius 2 is 1.72 bits per heavy atom. The number of rotatable bonds is 6. The van der Waals surface area contributed by atoms with Crippen molar-refractivity contribution in [3.63, 3.8) is 0 Å². The second-order valence-corrected chi connectivity index (χ2v) is 8.51. The van der Waals surface area contributed by atoms with Gasteiger partial charge in [0.2, 0.25) is 0 Å². The standard InChI is InChI=1S/C25H24N4O2S/c1-17-22(18(2)29(27-17)21-8-5-4-6-9-21)16-28(3)25(31)19-11-13-20(14-12-19)26-24(30)23-10-7-15-32-23/h4-15H,16H2,1-3H3,(H,26,30). The van der Waals surface area contributed by atoms with Crippen molar-refractivity contribution in [1.82, 2.24) is 14.7 Å². The summed E-state index contributed by atoms with van der Waals surface area (Å²) in [6.45, 7) is 4.44. The first-order chi connectivity index (χ1) is 15.4. The highest BCUT2D eigenvalue weighted by Gasteiger charge is 2.18. The highest BCUT2D eigenvalue weighted by atomic mass is 32.1. The van der Waals surface area contributed by atoms with E-state index in [0.717, 1.165) is 22.6 Å². The molecule has 0 spiro atoms. The number of aryl methyl sites for hydroxylation is 1. The number of aromatic nitrogens is 2. The predicted molar refractivity (Wildman–Crippen MR) is 128 cm³/mol. The van der Waals surface area contributed by atoms with Gasteiger partial charge in [-0.2, -0.15) is 5.10 Å². The molecule has 0 aliphatic carbocycles. The highest BCUT2D eigenvalue weighted by molar-refractivity contribution is 7.12. The fourth-order valence-electron chi connectivity index (χ4n) is 3.55. The number of amides is 2. The monoisotopic (exact) mass is 444 g/mol. The first-order valence-corrected chi connectivity index (χ1v) is 11.1. The topological polar surface area (TPSA) is 67.2 Å². The van der Waals surface area contributed by atoms with Crippen LogP contribution in [0.4, 0.5) is 5.69 Å². The number of para-hydroxylation sites is 1. The molecule has 2 amide bonds. The summed E-state index contributed by atoms with van der Waals surface area (Å²) in [7, 11) is 1.79. The lowest BCUT2D eigenvalue weighted by Crippen LogP contribution is -2.26. The summed E-state index contributed by atoms with van der Waals surface area (Å²) < 4.78 is 1.91. The number of carbonyl (C=O) groups is 2. The van der Waals surface area contributed by atoms with Crippen molar-refractivity contribution in [2.75, 3.05) is 12.4 Å². The molecule has 32 heavy (non-hydrogen) atoms. The van der Waals surface area contributed by atoms with Crippen LogP contribution in [0.3, 0.4) is 0 Å². The molecule has 0 radical (unpaired) electrons. The molecule has 0 fully saturated rings. The molecule has 162 valence electrons. The Kier molecular flexibility index (Phi) is 6.18. The van der Waals surface area contributed by atoms with Crippen LogP contribution in [0.1, 0.15) is 37.0 Å². The molecule has 0 unspecified atom stereocenters. The minimum Gasteiger partial charge on any atom is -0.337 e. The number of benzene rings is 2. The van der Waals surface area contributed by atoms with E-state index in [9.17, 15) is 9.59 Å². The number of nitrogens with zero attached hydrogens (tertiary/aromatic N) is 3. The number of carbonyl (C=O) groups excluding carboxylic acids is 2. The van der Waals surface area contributed by atoms with Gasteiger partial charge in [0.15, 0.2) is 0 Å². The van der Waals surface area contributed by atoms with E-state index in [4.69, 9.17) is 0 Å². The summed E-state index contributed by atoms with van der Waals surface area (Å²) in [5, 5.41) is 9.37. The van der Waals surface area contributed by atoms with Gasteiger partial charge in [-0.15, -0.1) is 11.3 Å². The molecule has 4 aromatic rings. The molecule has 6 nitrogen and oxygen atoms in total. The lowest BCUT2D eigenvalue weighted by atomic mass is 10.1. The molecule has 0 atom stereocenters. The maximum absolute atomic E-state index is 13.0. The van der Waals surface area contributed by atoms with Crippen molar-refractivity contribution in [1.29, 1.82) is 0 Å². The third kappa shape index (κ3) is 4.48. The molecule has 0 aliphatic rings. The van der Waals surface area contributed by atoms with Gasteiger partial charge in [0.25, 0.3) is 11.8 Å². The van der Waals surface area contributed by atoms with Gasteiger partial charge in [-0.05, 0) is 61.7 Å². The van der Waals surface area contributed by atoms with E-state index in [1.54, 1.807) is 42.3 Å². The molecule has 0 saturated heterocycles. The average Bonchev–Trinajstić information content (AvgIpc) is 3.44. The summed E-state index contributed by atoms with van der Waals surface area (Å²) in [5.41, 5.74) is 5.15. The van der Waals surface area contributed by atoms with Crippen molar-refractivity contribution < 1.29 is 9.59 Å². The van der Waals surface area contributed by atoms with Crippen LogP contribution in [0.2, 0.25) is 0 Å². The second-order valence-electron chi connectivity index (χ2n) is 7.57. The van der Waals surface area contributed by atoms with Crippen molar-refractivity contribution in [2.24, 2.45) is 0 Å². The van der Waals surface area contributed by atoms with Gasteiger partial charge in [0.1, 0.15) is 0 Å². The third-order valence-electron chi connectivity index (χ3n) is 5.32. The Hall–Kier alpha value is -3.71.